The van der Waals surface area contributed by atoms with Gasteiger partial charge in [0.15, 0.2) is 0 Å². The summed E-state index contributed by atoms with van der Waals surface area (Å²) in [6, 6.07) is 99.8. The zero-order valence-corrected chi connectivity index (χ0v) is 50.9. The molecule has 3 nitrogen and oxygen atoms in total. The molecule has 13 aromatic rings. The quantitative estimate of drug-likeness (QED) is 0.114. The number of hydrogen-bond donors (Lipinski definition) is 0. The zero-order valence-electron chi connectivity index (χ0n) is 43.8. The van der Waals surface area contributed by atoms with Gasteiger partial charge >= 0.3 is 20.1 Å². The van der Waals surface area contributed by atoms with E-state index in [-0.39, 0.29) is 20.1 Å². The number of benzene rings is 10. The van der Waals surface area contributed by atoms with Gasteiger partial charge in [-0.3, -0.25) is 0 Å². The van der Waals surface area contributed by atoms with Crippen molar-refractivity contribution in [2.45, 2.75) is 0 Å². The van der Waals surface area contributed by atoms with Gasteiger partial charge in [-0.05, 0) is 119 Å². The number of aromatic nitrogens is 3. The predicted octanol–water partition coefficient (Wildman–Crippen LogP) is 21.6. The summed E-state index contributed by atoms with van der Waals surface area (Å²) >= 11 is 11.1. The maximum atomic E-state index is 5.16. The number of pyridine rings is 3. The van der Waals surface area contributed by atoms with Crippen LogP contribution < -0.4 is 0 Å². The molecule has 3 heterocycles. The third-order valence-corrected chi connectivity index (χ3v) is 16.1. The molecule has 0 bridgehead atoms. The molecule has 0 aliphatic rings. The molecule has 0 spiro atoms. The summed E-state index contributed by atoms with van der Waals surface area (Å²) in [5, 5.41) is 0. The van der Waals surface area contributed by atoms with Gasteiger partial charge in [-0.1, -0.05) is 243 Å². The molecular formula is C75H45Br3IrN3. The summed E-state index contributed by atoms with van der Waals surface area (Å²) in [7, 11) is 0. The van der Waals surface area contributed by atoms with Crippen LogP contribution in [-0.2, 0) is 20.1 Å². The first kappa shape index (κ1) is 54.3. The van der Waals surface area contributed by atoms with E-state index in [0.29, 0.717) is 0 Å². The van der Waals surface area contributed by atoms with Gasteiger partial charge in [-0.2, -0.15) is 0 Å². The van der Waals surface area contributed by atoms with Crippen molar-refractivity contribution >= 4 is 47.8 Å². The standard InChI is InChI=1S/C75H45Br3N3.Ir/c76-58-28-16-25-52(40-58)73-43-67(49-19-4-1-5-20-49)70(46-79-73)64-34-13-10-31-61(64)55-37-56(62-32-11-14-35-65(62)71-47-80-74(53-26-17-29-59(77)41-53)44-68(71)50-21-6-2-7-22-50)39-57(38-55)63-33-12-15-36-66(63)72-48-81-75(54-27-18-30-60(78)42-54)45-69(72)51-23-8-3-9-24-51;/h1-24,28-48H;/q-3;+3. The van der Waals surface area contributed by atoms with Crippen LogP contribution >= 0.6 is 47.8 Å². The molecule has 0 radical (unpaired) electrons. The molecule has 0 unspecified atom stereocenters. The van der Waals surface area contributed by atoms with Crippen LogP contribution in [0.15, 0.2) is 287 Å². The van der Waals surface area contributed by atoms with Gasteiger partial charge < -0.3 is 15.0 Å². The average molecular weight is 1420 g/mol. The Morgan fingerprint density at radius 3 is 0.756 bits per heavy atom. The Bertz CT molecular complexity index is 3990. The van der Waals surface area contributed by atoms with Gasteiger partial charge in [0, 0.05) is 35.3 Å². The maximum absolute atomic E-state index is 5.16. The fourth-order valence-corrected chi connectivity index (χ4v) is 11.9. The van der Waals surface area contributed by atoms with E-state index in [1.54, 1.807) is 0 Å². The molecule has 13 rings (SSSR count). The molecule has 390 valence electrons. The summed E-state index contributed by atoms with van der Waals surface area (Å²) in [6.07, 6.45) is 6.09. The first-order chi connectivity index (χ1) is 39.9. The minimum atomic E-state index is 0. The van der Waals surface area contributed by atoms with E-state index in [1.165, 1.54) is 0 Å². The van der Waals surface area contributed by atoms with Gasteiger partial charge in [0.2, 0.25) is 0 Å². The largest absolute Gasteiger partial charge is 3.00 e. The molecule has 3 aromatic heterocycles. The average Bonchev–Trinajstić information content (AvgIpc) is 3.65. The van der Waals surface area contributed by atoms with Crippen molar-refractivity contribution in [1.82, 2.24) is 15.0 Å². The van der Waals surface area contributed by atoms with Crippen molar-refractivity contribution < 1.29 is 20.1 Å². The van der Waals surface area contributed by atoms with E-state index in [1.807, 2.05) is 55.0 Å². The van der Waals surface area contributed by atoms with Gasteiger partial charge in [0.05, 0.1) is 0 Å². The van der Waals surface area contributed by atoms with Crippen LogP contribution in [0.5, 0.6) is 0 Å². The molecular weight excluding hydrogens is 1370 g/mol. The monoisotopic (exact) mass is 1420 g/mol. The van der Waals surface area contributed by atoms with Crippen LogP contribution in [0.2, 0.25) is 0 Å². The number of halogens is 3. The second kappa shape index (κ2) is 24.4. The molecule has 0 aliphatic heterocycles. The van der Waals surface area contributed by atoms with E-state index in [0.717, 1.165) is 147 Å². The number of nitrogens with zero attached hydrogens (tertiary/aromatic N) is 3. The normalized spacial score (nSPS) is 11.0. The second-order valence-corrected chi connectivity index (χ2v) is 22.4. The molecule has 0 aliphatic carbocycles. The Morgan fingerprint density at radius 1 is 0.232 bits per heavy atom. The van der Waals surface area contributed by atoms with Gasteiger partial charge in [-0.15, -0.1) is 89.5 Å². The number of rotatable bonds is 12. The smallest absolute Gasteiger partial charge is 0.304 e. The third kappa shape index (κ3) is 11.4. The van der Waals surface area contributed by atoms with Crippen molar-refractivity contribution in [2.75, 3.05) is 0 Å². The zero-order chi connectivity index (χ0) is 54.7. The van der Waals surface area contributed by atoms with Crippen LogP contribution in [0, 0.1) is 18.2 Å². The van der Waals surface area contributed by atoms with Gasteiger partial charge in [-0.25, -0.2) is 0 Å². The SMILES string of the molecule is Brc1cc[c-]c(-c2cc(-c3ccccc3)c(-c3ccccc3-c3cc(-c4ccccc4-c4cnc(-c5[c-]ccc(Br)c5)cc4-c4ccccc4)cc(-c4ccccc4-c4cnc(-c5[c-]ccc(Br)c5)cc4-c4ccccc4)c3)cn2)c1.[Ir+3]. The summed E-state index contributed by atoms with van der Waals surface area (Å²) in [5.74, 6) is 0. The fourth-order valence-electron chi connectivity index (χ4n) is 10.8. The van der Waals surface area contributed by atoms with Gasteiger partial charge in [0.25, 0.3) is 0 Å². The molecule has 0 atom stereocenters. The molecule has 7 heteroatoms. The third-order valence-electron chi connectivity index (χ3n) is 14.6. The molecule has 82 heavy (non-hydrogen) atoms. The van der Waals surface area contributed by atoms with Crippen LogP contribution in [0.1, 0.15) is 0 Å². The Morgan fingerprint density at radius 2 is 0.488 bits per heavy atom. The fraction of sp³-hybridized carbons (Fsp3) is 0. The van der Waals surface area contributed by atoms with E-state index in [4.69, 9.17) is 15.0 Å². The van der Waals surface area contributed by atoms with Crippen LogP contribution in [0.25, 0.3) is 134 Å². The summed E-state index contributed by atoms with van der Waals surface area (Å²) in [4.78, 5) is 15.5. The Labute approximate surface area is 517 Å². The van der Waals surface area contributed by atoms with E-state index >= 15 is 0 Å². The topological polar surface area (TPSA) is 38.7 Å². The molecule has 0 N–H and O–H groups in total. The minimum Gasteiger partial charge on any atom is -0.304 e. The Kier molecular flexibility index (Phi) is 16.2. The van der Waals surface area contributed by atoms with E-state index in [9.17, 15) is 0 Å². The molecule has 10 aromatic carbocycles. The molecule has 0 fully saturated rings. The van der Waals surface area contributed by atoms with Gasteiger partial charge in [0.1, 0.15) is 0 Å². The van der Waals surface area contributed by atoms with Crippen molar-refractivity contribution in [3.05, 3.63) is 305 Å². The second-order valence-electron chi connectivity index (χ2n) is 19.6. The summed E-state index contributed by atoms with van der Waals surface area (Å²) in [6.45, 7) is 0. The van der Waals surface area contributed by atoms with Crippen LogP contribution in [0.3, 0.4) is 0 Å². The molecule has 0 saturated carbocycles. The molecule has 0 saturated heterocycles. The maximum Gasteiger partial charge on any atom is 3.00 e. The van der Waals surface area contributed by atoms with Crippen molar-refractivity contribution in [3.8, 4) is 134 Å². The Hall–Kier alpha value is -8.26. The first-order valence-electron chi connectivity index (χ1n) is 26.5. The number of hydrogen-bond acceptors (Lipinski definition) is 3. The molecule has 0 amide bonds. The van der Waals surface area contributed by atoms with Crippen LogP contribution in [-0.4, -0.2) is 15.0 Å². The van der Waals surface area contributed by atoms with Crippen LogP contribution in [0.4, 0.5) is 0 Å². The summed E-state index contributed by atoms with van der Waals surface area (Å²) < 4.78 is 2.92. The van der Waals surface area contributed by atoms with Crippen molar-refractivity contribution in [2.24, 2.45) is 0 Å². The minimum absolute atomic E-state index is 0. The van der Waals surface area contributed by atoms with Crippen molar-refractivity contribution in [3.63, 3.8) is 0 Å². The van der Waals surface area contributed by atoms with E-state index in [2.05, 4.69) is 284 Å². The Balaban J connectivity index is 0.00000665. The first-order valence-corrected chi connectivity index (χ1v) is 28.9. The predicted molar refractivity (Wildman–Crippen MR) is 345 cm³/mol. The van der Waals surface area contributed by atoms with Crippen molar-refractivity contribution in [1.29, 1.82) is 0 Å². The summed E-state index contributed by atoms with van der Waals surface area (Å²) in [5.41, 5.74) is 24.4. The van der Waals surface area contributed by atoms with E-state index < -0.39 is 0 Å².